The van der Waals surface area contributed by atoms with E-state index in [4.69, 9.17) is 0 Å². The predicted octanol–water partition coefficient (Wildman–Crippen LogP) is 4.34. The first kappa shape index (κ1) is 19.3. The molecule has 2 amide bonds. The summed E-state index contributed by atoms with van der Waals surface area (Å²) in [5.74, 6) is 2.24. The van der Waals surface area contributed by atoms with Gasteiger partial charge in [-0.05, 0) is 67.8 Å². The third-order valence-corrected chi connectivity index (χ3v) is 9.80. The molecule has 2 heterocycles. The Kier molecular flexibility index (Phi) is 4.43. The van der Waals surface area contributed by atoms with Crippen LogP contribution >= 0.6 is 11.3 Å². The van der Waals surface area contributed by atoms with E-state index in [1.165, 1.54) is 17.8 Å². The Labute approximate surface area is 177 Å². The van der Waals surface area contributed by atoms with Crippen molar-refractivity contribution in [3.8, 4) is 0 Å². The topological polar surface area (TPSA) is 62.3 Å². The van der Waals surface area contributed by atoms with Crippen LogP contribution in [-0.4, -0.2) is 34.8 Å². The number of hydrogen-bond acceptors (Lipinski definition) is 4. The highest BCUT2D eigenvalue weighted by Gasteiger charge is 2.61. The van der Waals surface area contributed by atoms with Crippen LogP contribution in [0.5, 0.6) is 0 Å². The second kappa shape index (κ2) is 6.66. The molecule has 5 nitrogen and oxygen atoms in total. The van der Waals surface area contributed by atoms with Gasteiger partial charge in [-0.1, -0.05) is 19.9 Å². The van der Waals surface area contributed by atoms with Crippen LogP contribution < -0.4 is 5.32 Å². The van der Waals surface area contributed by atoms with E-state index in [-0.39, 0.29) is 28.6 Å². The summed E-state index contributed by atoms with van der Waals surface area (Å²) in [5.41, 5.74) is 0.139. The lowest BCUT2D eigenvalue weighted by molar-refractivity contribution is -0.141. The third kappa shape index (κ3) is 2.74. The second-order valence-corrected chi connectivity index (χ2v) is 11.0. The quantitative estimate of drug-likeness (QED) is 0.785. The molecule has 3 saturated carbocycles. The van der Waals surface area contributed by atoms with Gasteiger partial charge in [0.05, 0.1) is 0 Å². The molecular formula is C23H31N3O2S. The van der Waals surface area contributed by atoms with E-state index >= 15 is 0 Å². The van der Waals surface area contributed by atoms with Crippen LogP contribution in [0.2, 0.25) is 0 Å². The SMILES string of the molecule is CN1C(=O)C=C[C@]2(C)[C@H]3CC[C@]4(C)[C@@H](C(=O)Nc5nccs5)CC[C@H]4[C@@H]3CC[C@@H]12. The normalized spacial score (nSPS) is 43.5. The van der Waals surface area contributed by atoms with Crippen molar-refractivity contribution in [2.24, 2.45) is 34.5 Å². The molecule has 3 fully saturated rings. The van der Waals surface area contributed by atoms with Gasteiger partial charge in [-0.25, -0.2) is 4.98 Å². The zero-order valence-electron chi connectivity index (χ0n) is 17.6. The fourth-order valence-electron chi connectivity index (χ4n) is 7.65. The number of fused-ring (bicyclic) bond motifs is 5. The van der Waals surface area contributed by atoms with Crippen LogP contribution in [0.25, 0.3) is 0 Å². The third-order valence-electron chi connectivity index (χ3n) is 9.11. The molecule has 29 heavy (non-hydrogen) atoms. The number of likely N-dealkylation sites (N-methyl/N-ethyl adjacent to an activating group) is 1. The van der Waals surface area contributed by atoms with Crippen LogP contribution in [0.15, 0.2) is 23.7 Å². The molecule has 0 aromatic carbocycles. The van der Waals surface area contributed by atoms with Gasteiger partial charge in [-0.15, -0.1) is 11.3 Å². The minimum atomic E-state index is 0.0636. The molecule has 1 aromatic rings. The first-order valence-corrected chi connectivity index (χ1v) is 11.9. The highest BCUT2D eigenvalue weighted by Crippen LogP contribution is 2.65. The lowest BCUT2D eigenvalue weighted by Crippen LogP contribution is -2.59. The van der Waals surface area contributed by atoms with Gasteiger partial charge in [-0.2, -0.15) is 0 Å². The first-order valence-electron chi connectivity index (χ1n) is 11.0. The average Bonchev–Trinajstić information content (AvgIpc) is 3.32. The lowest BCUT2D eigenvalue weighted by Gasteiger charge is -2.60. The first-order chi connectivity index (χ1) is 13.8. The van der Waals surface area contributed by atoms with Crippen molar-refractivity contribution in [1.82, 2.24) is 9.88 Å². The van der Waals surface area contributed by atoms with Crippen molar-refractivity contribution >= 4 is 28.3 Å². The van der Waals surface area contributed by atoms with Gasteiger partial charge in [0, 0.05) is 36.0 Å². The van der Waals surface area contributed by atoms with E-state index < -0.39 is 0 Å². The largest absolute Gasteiger partial charge is 0.338 e. The summed E-state index contributed by atoms with van der Waals surface area (Å²) in [5, 5.41) is 5.68. The maximum absolute atomic E-state index is 13.1. The minimum Gasteiger partial charge on any atom is -0.338 e. The molecule has 156 valence electrons. The van der Waals surface area contributed by atoms with Crippen molar-refractivity contribution in [2.75, 3.05) is 12.4 Å². The predicted molar refractivity (Wildman–Crippen MR) is 114 cm³/mol. The number of amides is 2. The van der Waals surface area contributed by atoms with Gasteiger partial charge in [0.15, 0.2) is 5.13 Å². The maximum atomic E-state index is 13.1. The molecule has 6 heteroatoms. The van der Waals surface area contributed by atoms with Gasteiger partial charge >= 0.3 is 0 Å². The van der Waals surface area contributed by atoms with Crippen LogP contribution in [0.1, 0.15) is 52.4 Å². The van der Waals surface area contributed by atoms with E-state index in [2.05, 4.69) is 30.2 Å². The molecule has 3 aliphatic carbocycles. The zero-order chi connectivity index (χ0) is 20.4. The molecule has 4 aliphatic rings. The van der Waals surface area contributed by atoms with E-state index in [0.29, 0.717) is 28.9 Å². The number of nitrogens with zero attached hydrogens (tertiary/aromatic N) is 2. The van der Waals surface area contributed by atoms with Gasteiger partial charge in [-0.3, -0.25) is 9.59 Å². The maximum Gasteiger partial charge on any atom is 0.246 e. The molecule has 0 radical (unpaired) electrons. The van der Waals surface area contributed by atoms with Crippen molar-refractivity contribution in [2.45, 2.75) is 58.4 Å². The molecule has 1 aromatic heterocycles. The molecule has 1 aliphatic heterocycles. The van der Waals surface area contributed by atoms with E-state index in [0.717, 1.165) is 32.1 Å². The van der Waals surface area contributed by atoms with Gasteiger partial charge in [0.2, 0.25) is 11.8 Å². The zero-order valence-corrected chi connectivity index (χ0v) is 18.4. The fourth-order valence-corrected chi connectivity index (χ4v) is 8.18. The highest BCUT2D eigenvalue weighted by atomic mass is 32.1. The van der Waals surface area contributed by atoms with Crippen molar-refractivity contribution in [1.29, 1.82) is 0 Å². The average molecular weight is 414 g/mol. The number of thiazole rings is 1. The van der Waals surface area contributed by atoms with E-state index in [1.807, 2.05) is 17.3 Å². The van der Waals surface area contributed by atoms with Crippen LogP contribution in [0.4, 0.5) is 5.13 Å². The molecule has 0 bridgehead atoms. The van der Waals surface area contributed by atoms with Crippen LogP contribution in [0, 0.1) is 34.5 Å². The number of carbonyl (C=O) groups is 2. The Morgan fingerprint density at radius 3 is 2.79 bits per heavy atom. The minimum absolute atomic E-state index is 0.0636. The number of nitrogens with one attached hydrogen (secondary N) is 1. The second-order valence-electron chi connectivity index (χ2n) is 10.1. The van der Waals surface area contributed by atoms with E-state index in [9.17, 15) is 9.59 Å². The van der Waals surface area contributed by atoms with Crippen LogP contribution in [-0.2, 0) is 9.59 Å². The van der Waals surface area contributed by atoms with Crippen molar-refractivity contribution in [3.05, 3.63) is 23.7 Å². The van der Waals surface area contributed by atoms with Gasteiger partial charge < -0.3 is 10.2 Å². The molecule has 1 N–H and O–H groups in total. The Balaban J connectivity index is 1.39. The van der Waals surface area contributed by atoms with Gasteiger partial charge in [0.1, 0.15) is 0 Å². The number of hydrogen-bond donors (Lipinski definition) is 1. The standard InChI is InChI=1S/C23H31N3O2S/c1-22-10-8-16-14(4-7-18-23(16,2)11-9-19(27)26(18)3)15(22)5-6-17(22)20(28)25-21-24-12-13-29-21/h9,11-18H,4-8,10H2,1-3H3,(H,24,25,28)/t14-,15-,16-,17+,18+,22-,23+/m0/s1. The molecule has 0 spiro atoms. The molecule has 7 atom stereocenters. The summed E-state index contributed by atoms with van der Waals surface area (Å²) in [7, 11) is 1.97. The Morgan fingerprint density at radius 1 is 1.21 bits per heavy atom. The number of anilines is 1. The fraction of sp³-hybridized carbons (Fsp3) is 0.696. The van der Waals surface area contributed by atoms with Gasteiger partial charge in [0.25, 0.3) is 0 Å². The number of carbonyl (C=O) groups excluding carboxylic acids is 2. The smallest absolute Gasteiger partial charge is 0.246 e. The summed E-state index contributed by atoms with van der Waals surface area (Å²) in [4.78, 5) is 31.5. The molecule has 5 rings (SSSR count). The summed E-state index contributed by atoms with van der Waals surface area (Å²) in [6.45, 7) is 4.74. The highest BCUT2D eigenvalue weighted by molar-refractivity contribution is 7.13. The number of rotatable bonds is 2. The summed E-state index contributed by atoms with van der Waals surface area (Å²) in [6, 6.07) is 0.316. The van der Waals surface area contributed by atoms with Crippen molar-refractivity contribution in [3.63, 3.8) is 0 Å². The Bertz CT molecular complexity index is 852. The summed E-state index contributed by atoms with van der Waals surface area (Å²) < 4.78 is 0. The monoisotopic (exact) mass is 413 g/mol. The summed E-state index contributed by atoms with van der Waals surface area (Å²) in [6.07, 6.45) is 12.4. The van der Waals surface area contributed by atoms with Crippen molar-refractivity contribution < 1.29 is 9.59 Å². The number of aromatic nitrogens is 1. The Morgan fingerprint density at radius 2 is 2.03 bits per heavy atom. The molecular weight excluding hydrogens is 382 g/mol. The Hall–Kier alpha value is -1.69. The lowest BCUT2D eigenvalue weighted by atomic mass is 9.47. The molecule has 0 saturated heterocycles. The van der Waals surface area contributed by atoms with Crippen LogP contribution in [0.3, 0.4) is 0 Å². The summed E-state index contributed by atoms with van der Waals surface area (Å²) >= 11 is 1.49. The van der Waals surface area contributed by atoms with E-state index in [1.54, 1.807) is 12.3 Å². The molecule has 0 unspecified atom stereocenters.